The Morgan fingerprint density at radius 1 is 1.54 bits per heavy atom. The van der Waals surface area contributed by atoms with Gasteiger partial charge in [0, 0.05) is 11.7 Å². The molecule has 0 aromatic heterocycles. The molecule has 0 unspecified atom stereocenters. The number of nitriles is 1. The van der Waals surface area contributed by atoms with Crippen LogP contribution in [-0.4, -0.2) is 6.04 Å². The molecular weight excluding hydrogens is 162 g/mol. The standard InChI is InChI=1S/C10H13N3/c1-7(12)4-9-3-2-8(6-11)5-10(9)13/h2-3,5,7H,4,12-13H2,1H3/t7-/m0/s1. The first-order valence-corrected chi connectivity index (χ1v) is 4.17. The molecule has 0 aliphatic heterocycles. The van der Waals surface area contributed by atoms with Gasteiger partial charge >= 0.3 is 0 Å². The van der Waals surface area contributed by atoms with E-state index in [4.69, 9.17) is 16.7 Å². The van der Waals surface area contributed by atoms with E-state index in [1.54, 1.807) is 12.1 Å². The smallest absolute Gasteiger partial charge is 0.0992 e. The first-order chi connectivity index (χ1) is 6.13. The Morgan fingerprint density at radius 2 is 2.23 bits per heavy atom. The molecule has 68 valence electrons. The molecule has 0 heterocycles. The van der Waals surface area contributed by atoms with Gasteiger partial charge in [0.25, 0.3) is 0 Å². The van der Waals surface area contributed by atoms with E-state index < -0.39 is 0 Å². The van der Waals surface area contributed by atoms with Crippen LogP contribution < -0.4 is 11.5 Å². The van der Waals surface area contributed by atoms with E-state index >= 15 is 0 Å². The van der Waals surface area contributed by atoms with Crippen LogP contribution in [-0.2, 0) is 6.42 Å². The SMILES string of the molecule is C[C@H](N)Cc1ccc(C#N)cc1N. The lowest BCUT2D eigenvalue weighted by atomic mass is 10.0. The Morgan fingerprint density at radius 3 is 2.69 bits per heavy atom. The molecule has 0 saturated heterocycles. The third-order valence-electron chi connectivity index (χ3n) is 1.82. The van der Waals surface area contributed by atoms with Gasteiger partial charge in [0.2, 0.25) is 0 Å². The van der Waals surface area contributed by atoms with Gasteiger partial charge in [0.1, 0.15) is 0 Å². The number of hydrogen-bond acceptors (Lipinski definition) is 3. The first-order valence-electron chi connectivity index (χ1n) is 4.17. The zero-order valence-corrected chi connectivity index (χ0v) is 7.62. The lowest BCUT2D eigenvalue weighted by Gasteiger charge is -2.08. The highest BCUT2D eigenvalue weighted by atomic mass is 14.6. The number of nitrogens with zero attached hydrogens (tertiary/aromatic N) is 1. The van der Waals surface area contributed by atoms with Crippen molar-refractivity contribution in [1.82, 2.24) is 0 Å². The van der Waals surface area contributed by atoms with E-state index in [9.17, 15) is 0 Å². The molecule has 1 atom stereocenters. The third-order valence-corrected chi connectivity index (χ3v) is 1.82. The molecule has 0 spiro atoms. The maximum Gasteiger partial charge on any atom is 0.0992 e. The zero-order chi connectivity index (χ0) is 9.84. The van der Waals surface area contributed by atoms with Crippen LogP contribution in [0.3, 0.4) is 0 Å². The summed E-state index contributed by atoms with van der Waals surface area (Å²) in [4.78, 5) is 0. The second-order valence-corrected chi connectivity index (χ2v) is 3.21. The third kappa shape index (κ3) is 2.46. The van der Waals surface area contributed by atoms with Crippen molar-refractivity contribution in [2.24, 2.45) is 5.73 Å². The predicted molar refractivity (Wildman–Crippen MR) is 52.9 cm³/mol. The van der Waals surface area contributed by atoms with Gasteiger partial charge in [-0.3, -0.25) is 0 Å². The van der Waals surface area contributed by atoms with E-state index in [0.717, 1.165) is 12.0 Å². The summed E-state index contributed by atoms with van der Waals surface area (Å²) in [7, 11) is 0. The Labute approximate surface area is 78.0 Å². The minimum atomic E-state index is 0.0928. The number of rotatable bonds is 2. The van der Waals surface area contributed by atoms with Gasteiger partial charge < -0.3 is 11.5 Å². The molecule has 1 aromatic carbocycles. The molecule has 13 heavy (non-hydrogen) atoms. The van der Waals surface area contributed by atoms with Gasteiger partial charge in [-0.25, -0.2) is 0 Å². The molecule has 4 N–H and O–H groups in total. The van der Waals surface area contributed by atoms with E-state index in [-0.39, 0.29) is 6.04 Å². The average Bonchev–Trinajstić information content (AvgIpc) is 2.08. The summed E-state index contributed by atoms with van der Waals surface area (Å²) in [5, 5.41) is 8.60. The Bertz CT molecular complexity index is 337. The highest BCUT2D eigenvalue weighted by Gasteiger charge is 2.02. The average molecular weight is 175 g/mol. The van der Waals surface area contributed by atoms with Crippen molar-refractivity contribution < 1.29 is 0 Å². The second-order valence-electron chi connectivity index (χ2n) is 3.21. The van der Waals surface area contributed by atoms with Crippen molar-refractivity contribution in [3.63, 3.8) is 0 Å². The topological polar surface area (TPSA) is 75.8 Å². The van der Waals surface area contributed by atoms with Crippen LogP contribution in [0.25, 0.3) is 0 Å². The van der Waals surface area contributed by atoms with Crippen molar-refractivity contribution in [2.75, 3.05) is 5.73 Å². The molecule has 0 saturated carbocycles. The van der Waals surface area contributed by atoms with Crippen LogP contribution in [0.1, 0.15) is 18.1 Å². The van der Waals surface area contributed by atoms with Crippen molar-refractivity contribution >= 4 is 5.69 Å². The van der Waals surface area contributed by atoms with Crippen LogP contribution in [0.2, 0.25) is 0 Å². The second kappa shape index (κ2) is 3.92. The van der Waals surface area contributed by atoms with Crippen LogP contribution in [0.5, 0.6) is 0 Å². The molecule has 0 fully saturated rings. The van der Waals surface area contributed by atoms with Gasteiger partial charge in [-0.2, -0.15) is 5.26 Å². The molecule has 3 nitrogen and oxygen atoms in total. The lowest BCUT2D eigenvalue weighted by molar-refractivity contribution is 0.739. The molecule has 0 amide bonds. The van der Waals surface area contributed by atoms with E-state index in [1.807, 2.05) is 19.1 Å². The van der Waals surface area contributed by atoms with Crippen molar-refractivity contribution in [3.8, 4) is 6.07 Å². The fraction of sp³-hybridized carbons (Fsp3) is 0.300. The fourth-order valence-electron chi connectivity index (χ4n) is 1.20. The summed E-state index contributed by atoms with van der Waals surface area (Å²) in [5.74, 6) is 0. The van der Waals surface area contributed by atoms with Gasteiger partial charge in [-0.1, -0.05) is 6.07 Å². The summed E-state index contributed by atoms with van der Waals surface area (Å²) in [6, 6.07) is 7.42. The highest BCUT2D eigenvalue weighted by molar-refractivity contribution is 5.52. The summed E-state index contributed by atoms with van der Waals surface area (Å²) >= 11 is 0. The predicted octanol–water partition coefficient (Wildman–Crippen LogP) is 1.03. The van der Waals surface area contributed by atoms with E-state index in [2.05, 4.69) is 0 Å². The van der Waals surface area contributed by atoms with Gasteiger partial charge in [0.05, 0.1) is 11.6 Å². The van der Waals surface area contributed by atoms with E-state index in [1.165, 1.54) is 0 Å². The number of nitrogen functional groups attached to an aromatic ring is 1. The molecule has 0 aliphatic rings. The van der Waals surface area contributed by atoms with Crippen LogP contribution in [0.4, 0.5) is 5.69 Å². The van der Waals surface area contributed by atoms with Crippen LogP contribution in [0.15, 0.2) is 18.2 Å². The lowest BCUT2D eigenvalue weighted by Crippen LogP contribution is -2.18. The zero-order valence-electron chi connectivity index (χ0n) is 7.62. The summed E-state index contributed by atoms with van der Waals surface area (Å²) in [5.41, 5.74) is 13.6. The number of nitrogens with two attached hydrogens (primary N) is 2. The first kappa shape index (κ1) is 9.56. The van der Waals surface area contributed by atoms with Crippen molar-refractivity contribution in [2.45, 2.75) is 19.4 Å². The minimum absolute atomic E-state index is 0.0928. The molecular formula is C10H13N3. The molecule has 0 radical (unpaired) electrons. The largest absolute Gasteiger partial charge is 0.398 e. The Hall–Kier alpha value is -1.53. The molecule has 1 aromatic rings. The minimum Gasteiger partial charge on any atom is -0.398 e. The van der Waals surface area contributed by atoms with Gasteiger partial charge in [0.15, 0.2) is 0 Å². The maximum absolute atomic E-state index is 8.60. The quantitative estimate of drug-likeness (QED) is 0.659. The van der Waals surface area contributed by atoms with Crippen molar-refractivity contribution in [1.29, 1.82) is 5.26 Å². The van der Waals surface area contributed by atoms with Crippen LogP contribution >= 0.6 is 0 Å². The summed E-state index contributed by atoms with van der Waals surface area (Å²) in [6.45, 7) is 1.93. The van der Waals surface area contributed by atoms with Gasteiger partial charge in [-0.15, -0.1) is 0 Å². The van der Waals surface area contributed by atoms with E-state index in [0.29, 0.717) is 11.3 Å². The summed E-state index contributed by atoms with van der Waals surface area (Å²) in [6.07, 6.45) is 0.748. The van der Waals surface area contributed by atoms with Gasteiger partial charge in [-0.05, 0) is 31.0 Å². The number of benzene rings is 1. The normalized spacial score (nSPS) is 12.1. The maximum atomic E-state index is 8.60. The number of hydrogen-bond donors (Lipinski definition) is 2. The highest BCUT2D eigenvalue weighted by Crippen LogP contribution is 2.15. The van der Waals surface area contributed by atoms with Crippen LogP contribution in [0, 0.1) is 11.3 Å². The molecule has 0 aliphatic carbocycles. The summed E-state index contributed by atoms with van der Waals surface area (Å²) < 4.78 is 0. The molecule has 3 heteroatoms. The Balaban J connectivity index is 2.93. The Kier molecular flexibility index (Phi) is 2.88. The van der Waals surface area contributed by atoms with Crippen molar-refractivity contribution in [3.05, 3.63) is 29.3 Å². The molecule has 0 bridgehead atoms. The molecule has 1 rings (SSSR count). The fourth-order valence-corrected chi connectivity index (χ4v) is 1.20. The number of anilines is 1. The monoisotopic (exact) mass is 175 g/mol.